The van der Waals surface area contributed by atoms with Gasteiger partial charge in [0.1, 0.15) is 0 Å². The SMILES string of the molecule is Cc1ccc(Cn2c(=O)[nH]c3c4cccnc4ccc32)cc1. The van der Waals surface area contributed by atoms with Crippen molar-refractivity contribution in [2.24, 2.45) is 0 Å². The Morgan fingerprint density at radius 2 is 1.91 bits per heavy atom. The standard InChI is InChI=1S/C18H15N3O/c1-12-4-6-13(7-5-12)11-21-16-9-8-15-14(3-2-10-19-15)17(16)20-18(21)22/h2-10H,11H2,1H3,(H,20,22). The van der Waals surface area contributed by atoms with E-state index in [-0.39, 0.29) is 5.69 Å². The van der Waals surface area contributed by atoms with Crippen LogP contribution >= 0.6 is 0 Å². The Labute approximate surface area is 127 Å². The summed E-state index contributed by atoms with van der Waals surface area (Å²) in [5.41, 5.74) is 4.88. The Hall–Kier alpha value is -2.88. The maximum Gasteiger partial charge on any atom is 0.326 e. The van der Waals surface area contributed by atoms with Crippen molar-refractivity contribution < 1.29 is 0 Å². The molecule has 1 N–H and O–H groups in total. The summed E-state index contributed by atoms with van der Waals surface area (Å²) in [6, 6.07) is 16.0. The molecular formula is C18H15N3O. The molecule has 0 fully saturated rings. The summed E-state index contributed by atoms with van der Waals surface area (Å²) in [5, 5.41) is 0.972. The van der Waals surface area contributed by atoms with Crippen LogP contribution in [-0.2, 0) is 6.54 Å². The van der Waals surface area contributed by atoms with Crippen LogP contribution < -0.4 is 5.69 Å². The van der Waals surface area contributed by atoms with Crippen LogP contribution in [0.5, 0.6) is 0 Å². The molecule has 22 heavy (non-hydrogen) atoms. The van der Waals surface area contributed by atoms with E-state index in [1.54, 1.807) is 10.8 Å². The average molecular weight is 289 g/mol. The predicted molar refractivity (Wildman–Crippen MR) is 88.1 cm³/mol. The number of nitrogens with one attached hydrogen (secondary N) is 1. The summed E-state index contributed by atoms with van der Waals surface area (Å²) >= 11 is 0. The largest absolute Gasteiger partial charge is 0.326 e. The van der Waals surface area contributed by atoms with Gasteiger partial charge >= 0.3 is 5.69 Å². The molecular weight excluding hydrogens is 274 g/mol. The van der Waals surface area contributed by atoms with E-state index in [0.717, 1.165) is 27.5 Å². The van der Waals surface area contributed by atoms with Crippen LogP contribution in [0.3, 0.4) is 0 Å². The predicted octanol–water partition coefficient (Wildman–Crippen LogP) is 3.23. The van der Waals surface area contributed by atoms with E-state index in [0.29, 0.717) is 6.54 Å². The highest BCUT2D eigenvalue weighted by molar-refractivity contribution is 6.02. The summed E-state index contributed by atoms with van der Waals surface area (Å²) in [6.07, 6.45) is 1.76. The first kappa shape index (κ1) is 12.8. The van der Waals surface area contributed by atoms with E-state index in [1.165, 1.54) is 5.56 Å². The van der Waals surface area contributed by atoms with Crippen LogP contribution in [0, 0.1) is 6.92 Å². The molecule has 0 atom stereocenters. The van der Waals surface area contributed by atoms with E-state index in [9.17, 15) is 4.79 Å². The summed E-state index contributed by atoms with van der Waals surface area (Å²) in [6.45, 7) is 2.62. The van der Waals surface area contributed by atoms with E-state index in [2.05, 4.69) is 41.2 Å². The minimum Gasteiger partial charge on any atom is -0.305 e. The molecule has 4 rings (SSSR count). The van der Waals surface area contributed by atoms with Crippen LogP contribution in [-0.4, -0.2) is 14.5 Å². The lowest BCUT2D eigenvalue weighted by atomic mass is 10.1. The molecule has 0 amide bonds. The molecule has 0 unspecified atom stereocenters. The third-order valence-corrected chi connectivity index (χ3v) is 3.99. The highest BCUT2D eigenvalue weighted by Crippen LogP contribution is 2.21. The highest BCUT2D eigenvalue weighted by Gasteiger charge is 2.10. The van der Waals surface area contributed by atoms with Crippen molar-refractivity contribution in [3.63, 3.8) is 0 Å². The second-order valence-electron chi connectivity index (χ2n) is 5.53. The Kier molecular flexibility index (Phi) is 2.82. The smallest absolute Gasteiger partial charge is 0.305 e. The molecule has 2 heterocycles. The molecule has 108 valence electrons. The molecule has 0 aliphatic carbocycles. The van der Waals surface area contributed by atoms with Gasteiger partial charge in [-0.3, -0.25) is 9.55 Å². The lowest BCUT2D eigenvalue weighted by Gasteiger charge is -2.05. The van der Waals surface area contributed by atoms with Crippen molar-refractivity contribution >= 4 is 21.9 Å². The van der Waals surface area contributed by atoms with Gasteiger partial charge < -0.3 is 4.98 Å². The van der Waals surface area contributed by atoms with Gasteiger partial charge in [-0.25, -0.2) is 4.79 Å². The average Bonchev–Trinajstić information content (AvgIpc) is 2.86. The van der Waals surface area contributed by atoms with Crippen molar-refractivity contribution in [1.29, 1.82) is 0 Å². The van der Waals surface area contributed by atoms with Crippen LogP contribution in [0.2, 0.25) is 0 Å². The van der Waals surface area contributed by atoms with Gasteiger partial charge in [-0.05, 0) is 36.8 Å². The van der Waals surface area contributed by atoms with Crippen LogP contribution in [0.25, 0.3) is 21.9 Å². The van der Waals surface area contributed by atoms with Gasteiger partial charge in [-0.1, -0.05) is 29.8 Å². The number of fused-ring (bicyclic) bond motifs is 3. The van der Waals surface area contributed by atoms with Gasteiger partial charge in [0.25, 0.3) is 0 Å². The summed E-state index contributed by atoms with van der Waals surface area (Å²) < 4.78 is 1.77. The van der Waals surface area contributed by atoms with E-state index in [1.807, 2.05) is 24.3 Å². The Balaban J connectivity index is 1.91. The van der Waals surface area contributed by atoms with Gasteiger partial charge in [0.05, 0.1) is 23.1 Å². The number of rotatable bonds is 2. The first-order chi connectivity index (χ1) is 10.7. The lowest BCUT2D eigenvalue weighted by molar-refractivity contribution is 0.787. The number of H-pyrrole nitrogens is 1. The maximum absolute atomic E-state index is 12.3. The van der Waals surface area contributed by atoms with Crippen molar-refractivity contribution in [3.05, 3.63) is 76.3 Å². The highest BCUT2D eigenvalue weighted by atomic mass is 16.1. The number of aromatic nitrogens is 3. The van der Waals surface area contributed by atoms with Crippen molar-refractivity contribution in [1.82, 2.24) is 14.5 Å². The third-order valence-electron chi connectivity index (χ3n) is 3.99. The van der Waals surface area contributed by atoms with Gasteiger partial charge in [-0.2, -0.15) is 0 Å². The zero-order valence-electron chi connectivity index (χ0n) is 12.2. The van der Waals surface area contributed by atoms with Crippen molar-refractivity contribution in [2.45, 2.75) is 13.5 Å². The molecule has 2 aromatic carbocycles. The second kappa shape index (κ2) is 4.84. The number of aromatic amines is 1. The third kappa shape index (κ3) is 2.00. The first-order valence-corrected chi connectivity index (χ1v) is 7.24. The molecule has 0 spiro atoms. The molecule has 0 aliphatic heterocycles. The fraction of sp³-hybridized carbons (Fsp3) is 0.111. The van der Waals surface area contributed by atoms with Gasteiger partial charge in [0.15, 0.2) is 0 Å². The van der Waals surface area contributed by atoms with Crippen LogP contribution in [0.15, 0.2) is 59.5 Å². The molecule has 0 aliphatic rings. The Morgan fingerprint density at radius 3 is 2.73 bits per heavy atom. The van der Waals surface area contributed by atoms with E-state index in [4.69, 9.17) is 0 Å². The summed E-state index contributed by atoms with van der Waals surface area (Å²) in [4.78, 5) is 19.6. The van der Waals surface area contributed by atoms with Gasteiger partial charge in [0, 0.05) is 11.6 Å². The Bertz CT molecular complexity index is 1030. The fourth-order valence-electron chi connectivity index (χ4n) is 2.81. The van der Waals surface area contributed by atoms with E-state index >= 15 is 0 Å². The van der Waals surface area contributed by atoms with E-state index < -0.39 is 0 Å². The zero-order chi connectivity index (χ0) is 15.1. The molecule has 0 radical (unpaired) electrons. The Morgan fingerprint density at radius 1 is 1.09 bits per heavy atom. The molecule has 4 heteroatoms. The number of pyridine rings is 1. The quantitative estimate of drug-likeness (QED) is 0.616. The maximum atomic E-state index is 12.3. The monoisotopic (exact) mass is 289 g/mol. The number of nitrogens with zero attached hydrogens (tertiary/aromatic N) is 2. The second-order valence-corrected chi connectivity index (χ2v) is 5.53. The van der Waals surface area contributed by atoms with Crippen molar-refractivity contribution in [3.8, 4) is 0 Å². The lowest BCUT2D eigenvalue weighted by Crippen LogP contribution is -2.17. The number of hydrogen-bond donors (Lipinski definition) is 1. The molecule has 0 saturated heterocycles. The summed E-state index contributed by atoms with van der Waals surface area (Å²) in [7, 11) is 0. The van der Waals surface area contributed by atoms with Crippen LogP contribution in [0.4, 0.5) is 0 Å². The minimum absolute atomic E-state index is 0.0908. The molecule has 2 aromatic heterocycles. The van der Waals surface area contributed by atoms with Crippen LogP contribution in [0.1, 0.15) is 11.1 Å². The topological polar surface area (TPSA) is 50.7 Å². The zero-order valence-corrected chi connectivity index (χ0v) is 12.2. The minimum atomic E-state index is -0.0908. The van der Waals surface area contributed by atoms with Gasteiger partial charge in [0.2, 0.25) is 0 Å². The normalized spacial score (nSPS) is 11.3. The van der Waals surface area contributed by atoms with Crippen molar-refractivity contribution in [2.75, 3.05) is 0 Å². The fourth-order valence-corrected chi connectivity index (χ4v) is 2.81. The number of imidazole rings is 1. The summed E-state index contributed by atoms with van der Waals surface area (Å²) in [5.74, 6) is 0. The number of aryl methyl sites for hydroxylation is 1. The van der Waals surface area contributed by atoms with Gasteiger partial charge in [-0.15, -0.1) is 0 Å². The number of benzene rings is 2. The molecule has 0 bridgehead atoms. The molecule has 0 saturated carbocycles. The molecule has 4 aromatic rings. The molecule has 4 nitrogen and oxygen atoms in total. The first-order valence-electron chi connectivity index (χ1n) is 7.24. The number of hydrogen-bond acceptors (Lipinski definition) is 2.